The molecule has 12 heavy (non-hydrogen) atoms. The van der Waals surface area contributed by atoms with E-state index in [2.05, 4.69) is 0 Å². The molecule has 0 aliphatic heterocycles. The number of hydrogen-bond acceptors (Lipinski definition) is 2. The van der Waals surface area contributed by atoms with Crippen molar-refractivity contribution in [1.29, 1.82) is 0 Å². The van der Waals surface area contributed by atoms with Gasteiger partial charge in [0.25, 0.3) is 0 Å². The van der Waals surface area contributed by atoms with Crippen LogP contribution in [0.2, 0.25) is 0 Å². The van der Waals surface area contributed by atoms with Gasteiger partial charge < -0.3 is 10.8 Å². The highest BCUT2D eigenvalue weighted by atomic mass is 16.4. The molecule has 0 saturated carbocycles. The summed E-state index contributed by atoms with van der Waals surface area (Å²) in [7, 11) is 0. The Bertz CT molecular complexity index is 156. The van der Waals surface area contributed by atoms with Gasteiger partial charge in [0.1, 0.15) is 0 Å². The molecular weight excluding hydrogens is 160 g/mol. The maximum Gasteiger partial charge on any atom is 0.415 e. The average Bonchev–Trinajstić information content (AvgIpc) is 1.96. The van der Waals surface area contributed by atoms with E-state index in [0.29, 0.717) is 11.3 Å². The van der Waals surface area contributed by atoms with Gasteiger partial charge in [-0.25, -0.2) is 14.5 Å². The maximum atomic E-state index is 10.5. The van der Waals surface area contributed by atoms with Crippen LogP contribution in [0.5, 0.6) is 0 Å². The number of urea groups is 1. The van der Waals surface area contributed by atoms with Crippen LogP contribution in [0.25, 0.3) is 0 Å². The van der Waals surface area contributed by atoms with Gasteiger partial charge in [0, 0.05) is 6.54 Å². The molecule has 0 atom stereocenters. The predicted molar refractivity (Wildman–Crippen MR) is 43.8 cm³/mol. The first-order valence-electron chi connectivity index (χ1n) is 3.89. The normalized spacial score (nSPS) is 9.42. The van der Waals surface area contributed by atoms with Crippen molar-refractivity contribution in [3.63, 3.8) is 0 Å². The van der Waals surface area contributed by atoms with E-state index < -0.39 is 12.1 Å². The number of nitrogens with two attached hydrogens (primary N) is 1. The fraction of sp³-hybridized carbons (Fsp3) is 0.714. The number of unbranched alkanes of at least 4 members (excludes halogenated alkanes) is 2. The molecule has 0 unspecified atom stereocenters. The van der Waals surface area contributed by atoms with Crippen LogP contribution < -0.4 is 5.73 Å². The van der Waals surface area contributed by atoms with Crippen LogP contribution in [0, 0.1) is 0 Å². The number of amides is 3. The standard InChI is InChI=1S/C7H14N2O3/c1-2-3-4-5-9(6(8)10)7(11)12/h2-5H2,1H3,(H2,8,10)(H,11,12). The van der Waals surface area contributed by atoms with Crippen LogP contribution in [-0.4, -0.2) is 28.7 Å². The van der Waals surface area contributed by atoms with Gasteiger partial charge in [-0.15, -0.1) is 0 Å². The molecule has 70 valence electrons. The number of carbonyl (C=O) groups is 2. The fourth-order valence-electron chi connectivity index (χ4n) is 0.820. The lowest BCUT2D eigenvalue weighted by molar-refractivity contribution is 0.150. The molecule has 0 aromatic carbocycles. The molecule has 0 aliphatic carbocycles. The molecular formula is C7H14N2O3. The van der Waals surface area contributed by atoms with Crippen LogP contribution in [0.1, 0.15) is 26.2 Å². The van der Waals surface area contributed by atoms with E-state index in [1.165, 1.54) is 0 Å². The predicted octanol–water partition coefficient (Wildman–Crippen LogP) is 1.24. The Morgan fingerprint density at radius 1 is 1.42 bits per heavy atom. The zero-order chi connectivity index (χ0) is 9.56. The Balaban J connectivity index is 3.80. The molecule has 0 aromatic heterocycles. The van der Waals surface area contributed by atoms with Gasteiger partial charge in [0.05, 0.1) is 0 Å². The second kappa shape index (κ2) is 5.40. The molecule has 0 radical (unpaired) electrons. The Hall–Kier alpha value is -1.26. The number of carboxylic acid groups (broad SMARTS) is 1. The minimum absolute atomic E-state index is 0.193. The molecule has 0 aromatic rings. The topological polar surface area (TPSA) is 83.6 Å². The Labute approximate surface area is 71.1 Å². The van der Waals surface area contributed by atoms with Crippen molar-refractivity contribution in [1.82, 2.24) is 4.90 Å². The molecule has 0 bridgehead atoms. The zero-order valence-electron chi connectivity index (χ0n) is 7.12. The van der Waals surface area contributed by atoms with Crippen LogP contribution >= 0.6 is 0 Å². The third-order valence-electron chi connectivity index (χ3n) is 1.48. The number of primary amides is 1. The van der Waals surface area contributed by atoms with Crippen LogP contribution in [0.4, 0.5) is 9.59 Å². The highest BCUT2D eigenvalue weighted by Crippen LogP contribution is 1.98. The van der Waals surface area contributed by atoms with Gasteiger partial charge in [0.15, 0.2) is 0 Å². The molecule has 5 nitrogen and oxygen atoms in total. The quantitative estimate of drug-likeness (QED) is 0.629. The molecule has 0 saturated heterocycles. The van der Waals surface area contributed by atoms with E-state index in [-0.39, 0.29) is 6.54 Å². The van der Waals surface area contributed by atoms with Gasteiger partial charge in [-0.3, -0.25) is 0 Å². The highest BCUT2D eigenvalue weighted by molar-refractivity contribution is 5.88. The maximum absolute atomic E-state index is 10.5. The van der Waals surface area contributed by atoms with E-state index in [1.807, 2.05) is 6.92 Å². The van der Waals surface area contributed by atoms with Crippen LogP contribution in [0.3, 0.4) is 0 Å². The van der Waals surface area contributed by atoms with E-state index in [1.54, 1.807) is 0 Å². The Kier molecular flexibility index (Phi) is 4.83. The van der Waals surface area contributed by atoms with Crippen molar-refractivity contribution in [2.45, 2.75) is 26.2 Å². The lowest BCUT2D eigenvalue weighted by Crippen LogP contribution is -2.40. The number of nitrogens with zero attached hydrogens (tertiary/aromatic N) is 1. The number of imide groups is 1. The second-order valence-corrected chi connectivity index (χ2v) is 2.48. The summed E-state index contributed by atoms with van der Waals surface area (Å²) in [5, 5.41) is 8.47. The van der Waals surface area contributed by atoms with Crippen molar-refractivity contribution in [3.05, 3.63) is 0 Å². The molecule has 0 spiro atoms. The summed E-state index contributed by atoms with van der Waals surface area (Å²) in [6.07, 6.45) is 1.27. The molecule has 0 rings (SSSR count). The lowest BCUT2D eigenvalue weighted by atomic mass is 10.2. The van der Waals surface area contributed by atoms with Crippen LogP contribution in [0.15, 0.2) is 0 Å². The highest BCUT2D eigenvalue weighted by Gasteiger charge is 2.15. The summed E-state index contributed by atoms with van der Waals surface area (Å²) in [5.74, 6) is 0. The van der Waals surface area contributed by atoms with E-state index >= 15 is 0 Å². The summed E-state index contributed by atoms with van der Waals surface area (Å²) in [6.45, 7) is 2.19. The van der Waals surface area contributed by atoms with Crippen molar-refractivity contribution < 1.29 is 14.7 Å². The van der Waals surface area contributed by atoms with Crippen molar-refractivity contribution >= 4 is 12.1 Å². The Morgan fingerprint density at radius 3 is 2.33 bits per heavy atom. The third-order valence-corrected chi connectivity index (χ3v) is 1.48. The largest absolute Gasteiger partial charge is 0.465 e. The van der Waals surface area contributed by atoms with Gasteiger partial charge in [0.2, 0.25) is 0 Å². The smallest absolute Gasteiger partial charge is 0.415 e. The van der Waals surface area contributed by atoms with Crippen molar-refractivity contribution in [3.8, 4) is 0 Å². The first-order chi connectivity index (χ1) is 5.59. The SMILES string of the molecule is CCCCCN(C(N)=O)C(=O)O. The minimum Gasteiger partial charge on any atom is -0.465 e. The molecule has 5 heteroatoms. The zero-order valence-corrected chi connectivity index (χ0v) is 7.12. The van der Waals surface area contributed by atoms with Gasteiger partial charge in [-0.2, -0.15) is 0 Å². The summed E-state index contributed by atoms with van der Waals surface area (Å²) >= 11 is 0. The summed E-state index contributed by atoms with van der Waals surface area (Å²) in [5.41, 5.74) is 4.83. The minimum atomic E-state index is -1.28. The summed E-state index contributed by atoms with van der Waals surface area (Å²) in [6, 6.07) is -0.904. The number of rotatable bonds is 4. The molecule has 0 aliphatic rings. The molecule has 0 heterocycles. The second-order valence-electron chi connectivity index (χ2n) is 2.48. The summed E-state index contributed by atoms with van der Waals surface area (Å²) in [4.78, 5) is 21.5. The molecule has 0 fully saturated rings. The van der Waals surface area contributed by atoms with E-state index in [9.17, 15) is 9.59 Å². The first kappa shape index (κ1) is 10.7. The van der Waals surface area contributed by atoms with Gasteiger partial charge in [-0.05, 0) is 6.42 Å². The fourth-order valence-corrected chi connectivity index (χ4v) is 0.820. The van der Waals surface area contributed by atoms with Crippen LogP contribution in [-0.2, 0) is 0 Å². The Morgan fingerprint density at radius 2 is 2.00 bits per heavy atom. The average molecular weight is 174 g/mol. The van der Waals surface area contributed by atoms with Crippen molar-refractivity contribution in [2.24, 2.45) is 5.73 Å². The first-order valence-corrected chi connectivity index (χ1v) is 3.89. The number of hydrogen-bond donors (Lipinski definition) is 2. The lowest BCUT2D eigenvalue weighted by Gasteiger charge is -2.13. The number of carbonyl (C=O) groups excluding carboxylic acids is 1. The third kappa shape index (κ3) is 3.80. The molecule has 3 N–H and O–H groups in total. The summed E-state index contributed by atoms with van der Waals surface area (Å²) < 4.78 is 0. The molecule has 3 amide bonds. The van der Waals surface area contributed by atoms with Gasteiger partial charge >= 0.3 is 12.1 Å². The van der Waals surface area contributed by atoms with E-state index in [0.717, 1.165) is 12.8 Å². The van der Waals surface area contributed by atoms with E-state index in [4.69, 9.17) is 10.8 Å². The van der Waals surface area contributed by atoms with Crippen molar-refractivity contribution in [2.75, 3.05) is 6.54 Å². The van der Waals surface area contributed by atoms with Gasteiger partial charge in [-0.1, -0.05) is 19.8 Å². The monoisotopic (exact) mass is 174 g/mol.